The van der Waals surface area contributed by atoms with Crippen molar-refractivity contribution in [3.8, 4) is 5.75 Å². The quantitative estimate of drug-likeness (QED) is 0.769. The summed E-state index contributed by atoms with van der Waals surface area (Å²) in [5.74, 6) is 0.422. The number of aliphatic hydroxyl groups is 1. The lowest BCUT2D eigenvalue weighted by Crippen LogP contribution is -2.41. The molecule has 118 valence electrons. The summed E-state index contributed by atoms with van der Waals surface area (Å²) in [7, 11) is 1.58. The number of carbonyl (C=O) groups is 1. The van der Waals surface area contributed by atoms with Gasteiger partial charge >= 0.3 is 0 Å². The van der Waals surface area contributed by atoms with Crippen LogP contribution in [-0.2, 0) is 4.74 Å². The van der Waals surface area contributed by atoms with Gasteiger partial charge in [0.2, 0.25) is 0 Å². The fraction of sp³-hybridized carbons (Fsp3) is 0.562. The number of amides is 1. The second-order valence-electron chi connectivity index (χ2n) is 5.62. The van der Waals surface area contributed by atoms with Crippen molar-refractivity contribution in [3.05, 3.63) is 29.8 Å². The number of ether oxygens (including phenoxy) is 2. The number of nitrogens with one attached hydrogen (secondary N) is 1. The van der Waals surface area contributed by atoms with Crippen molar-refractivity contribution >= 4 is 5.91 Å². The molecular formula is C16H25NO4. The van der Waals surface area contributed by atoms with Crippen molar-refractivity contribution in [2.45, 2.75) is 38.9 Å². The van der Waals surface area contributed by atoms with Gasteiger partial charge in [-0.1, -0.05) is 6.07 Å². The first-order chi connectivity index (χ1) is 9.84. The Morgan fingerprint density at radius 2 is 2.14 bits per heavy atom. The molecule has 0 spiro atoms. The molecule has 0 aromatic heterocycles. The number of rotatable bonds is 8. The highest BCUT2D eigenvalue weighted by atomic mass is 16.5. The molecule has 0 saturated heterocycles. The summed E-state index contributed by atoms with van der Waals surface area (Å²) < 4.78 is 10.5. The Hall–Kier alpha value is -1.59. The lowest BCUT2D eigenvalue weighted by atomic mass is 10.0. The second kappa shape index (κ2) is 8.00. The van der Waals surface area contributed by atoms with Crippen LogP contribution in [0, 0.1) is 0 Å². The van der Waals surface area contributed by atoms with E-state index < -0.39 is 5.60 Å². The summed E-state index contributed by atoms with van der Waals surface area (Å²) in [5, 5.41) is 12.8. The van der Waals surface area contributed by atoms with Crippen molar-refractivity contribution in [1.29, 1.82) is 0 Å². The van der Waals surface area contributed by atoms with E-state index in [1.165, 1.54) is 0 Å². The minimum atomic E-state index is -0.988. The van der Waals surface area contributed by atoms with Crippen LogP contribution in [-0.4, -0.2) is 43.0 Å². The topological polar surface area (TPSA) is 67.8 Å². The van der Waals surface area contributed by atoms with E-state index in [4.69, 9.17) is 9.47 Å². The van der Waals surface area contributed by atoms with Gasteiger partial charge in [-0.05, 0) is 39.0 Å². The number of hydrogen-bond donors (Lipinski definition) is 2. The third-order valence-corrected chi connectivity index (χ3v) is 2.94. The number of carbonyl (C=O) groups excluding carboxylic acids is 1. The Kier molecular flexibility index (Phi) is 6.65. The van der Waals surface area contributed by atoms with Gasteiger partial charge in [-0.15, -0.1) is 0 Å². The Morgan fingerprint density at radius 3 is 2.76 bits per heavy atom. The first-order valence-electron chi connectivity index (χ1n) is 7.10. The molecule has 5 heteroatoms. The molecule has 0 radical (unpaired) electrons. The van der Waals surface area contributed by atoms with E-state index in [1.807, 2.05) is 19.9 Å². The van der Waals surface area contributed by atoms with Crippen molar-refractivity contribution < 1.29 is 19.4 Å². The first-order valence-corrected chi connectivity index (χ1v) is 7.10. The average molecular weight is 295 g/mol. The Labute approximate surface area is 126 Å². The van der Waals surface area contributed by atoms with E-state index in [0.29, 0.717) is 24.3 Å². The Morgan fingerprint density at radius 1 is 1.43 bits per heavy atom. The van der Waals surface area contributed by atoms with E-state index in [2.05, 4.69) is 5.32 Å². The van der Waals surface area contributed by atoms with Gasteiger partial charge in [-0.2, -0.15) is 0 Å². The van der Waals surface area contributed by atoms with Gasteiger partial charge in [-0.25, -0.2) is 0 Å². The highest BCUT2D eigenvalue weighted by Gasteiger charge is 2.21. The lowest BCUT2D eigenvalue weighted by Gasteiger charge is -2.23. The third-order valence-electron chi connectivity index (χ3n) is 2.94. The number of methoxy groups -OCH3 is 1. The van der Waals surface area contributed by atoms with Crippen LogP contribution >= 0.6 is 0 Å². The summed E-state index contributed by atoms with van der Waals surface area (Å²) in [6, 6.07) is 6.99. The fourth-order valence-corrected chi connectivity index (χ4v) is 1.77. The second-order valence-corrected chi connectivity index (χ2v) is 5.62. The van der Waals surface area contributed by atoms with E-state index >= 15 is 0 Å². The van der Waals surface area contributed by atoms with E-state index in [-0.39, 0.29) is 18.6 Å². The van der Waals surface area contributed by atoms with E-state index in [0.717, 1.165) is 0 Å². The Bertz CT molecular complexity index is 457. The molecule has 0 aliphatic heterocycles. The molecule has 2 N–H and O–H groups in total. The molecule has 0 aliphatic carbocycles. The van der Waals surface area contributed by atoms with Crippen LogP contribution in [0.3, 0.4) is 0 Å². The predicted octanol–water partition coefficient (Wildman–Crippen LogP) is 1.99. The van der Waals surface area contributed by atoms with Crippen LogP contribution in [0.15, 0.2) is 24.3 Å². The minimum Gasteiger partial charge on any atom is -0.491 e. The predicted molar refractivity (Wildman–Crippen MR) is 81.7 cm³/mol. The molecule has 1 aromatic carbocycles. The average Bonchev–Trinajstić information content (AvgIpc) is 2.42. The zero-order valence-corrected chi connectivity index (χ0v) is 13.2. The molecule has 0 bridgehead atoms. The van der Waals surface area contributed by atoms with Gasteiger partial charge in [0.25, 0.3) is 5.91 Å². The number of hydrogen-bond acceptors (Lipinski definition) is 4. The standard InChI is InChI=1S/C16H25NO4/c1-12(2)21-14-7-5-6-13(10-14)15(18)17-11-16(3,19)8-9-20-4/h5-7,10,12,19H,8-9,11H2,1-4H3,(H,17,18). The molecule has 0 saturated carbocycles. The fourth-order valence-electron chi connectivity index (χ4n) is 1.77. The van der Waals surface area contributed by atoms with Crippen molar-refractivity contribution in [1.82, 2.24) is 5.32 Å². The summed E-state index contributed by atoms with van der Waals surface area (Å²) in [6.45, 7) is 6.15. The van der Waals surface area contributed by atoms with Gasteiger partial charge in [0.15, 0.2) is 0 Å². The van der Waals surface area contributed by atoms with Crippen molar-refractivity contribution in [3.63, 3.8) is 0 Å². The lowest BCUT2D eigenvalue weighted by molar-refractivity contribution is 0.0243. The maximum Gasteiger partial charge on any atom is 0.251 e. The van der Waals surface area contributed by atoms with Crippen LogP contribution < -0.4 is 10.1 Å². The van der Waals surface area contributed by atoms with Gasteiger partial charge in [0, 0.05) is 32.2 Å². The van der Waals surface area contributed by atoms with Crippen molar-refractivity contribution in [2.75, 3.05) is 20.3 Å². The SMILES string of the molecule is COCCC(C)(O)CNC(=O)c1cccc(OC(C)C)c1. The third kappa shape index (κ3) is 6.60. The normalized spacial score (nSPS) is 13.8. The van der Waals surface area contributed by atoms with Gasteiger partial charge in [0.1, 0.15) is 5.75 Å². The highest BCUT2D eigenvalue weighted by molar-refractivity contribution is 5.94. The summed E-state index contributed by atoms with van der Waals surface area (Å²) in [6.07, 6.45) is 0.512. The molecule has 1 aromatic rings. The molecule has 21 heavy (non-hydrogen) atoms. The van der Waals surface area contributed by atoms with E-state index in [1.54, 1.807) is 32.2 Å². The van der Waals surface area contributed by atoms with Crippen LogP contribution in [0.25, 0.3) is 0 Å². The Balaban J connectivity index is 2.59. The van der Waals surface area contributed by atoms with Crippen LogP contribution in [0.1, 0.15) is 37.6 Å². The summed E-state index contributed by atoms with van der Waals surface area (Å²) >= 11 is 0. The minimum absolute atomic E-state index is 0.0538. The first kappa shape index (κ1) is 17.5. The van der Waals surface area contributed by atoms with Crippen molar-refractivity contribution in [2.24, 2.45) is 0 Å². The smallest absolute Gasteiger partial charge is 0.251 e. The highest BCUT2D eigenvalue weighted by Crippen LogP contribution is 2.15. The molecule has 1 rings (SSSR count). The molecule has 0 heterocycles. The zero-order chi connectivity index (χ0) is 15.9. The zero-order valence-electron chi connectivity index (χ0n) is 13.2. The van der Waals surface area contributed by atoms with E-state index in [9.17, 15) is 9.90 Å². The molecular weight excluding hydrogens is 270 g/mol. The summed E-state index contributed by atoms with van der Waals surface area (Å²) in [5.41, 5.74) is -0.478. The molecule has 0 fully saturated rings. The van der Waals surface area contributed by atoms with Gasteiger partial charge < -0.3 is 19.9 Å². The van der Waals surface area contributed by atoms with Crippen LogP contribution in [0.5, 0.6) is 5.75 Å². The maximum absolute atomic E-state index is 12.1. The molecule has 1 unspecified atom stereocenters. The molecule has 0 aliphatic rings. The maximum atomic E-state index is 12.1. The van der Waals surface area contributed by atoms with Crippen LogP contribution in [0.4, 0.5) is 0 Å². The van der Waals surface area contributed by atoms with Gasteiger partial charge in [-0.3, -0.25) is 4.79 Å². The number of benzene rings is 1. The van der Waals surface area contributed by atoms with Gasteiger partial charge in [0.05, 0.1) is 11.7 Å². The monoisotopic (exact) mass is 295 g/mol. The van der Waals surface area contributed by atoms with Crippen LogP contribution in [0.2, 0.25) is 0 Å². The molecule has 5 nitrogen and oxygen atoms in total. The molecule has 1 atom stereocenters. The largest absolute Gasteiger partial charge is 0.491 e. The molecule has 1 amide bonds. The summed E-state index contributed by atoms with van der Waals surface area (Å²) in [4.78, 5) is 12.1.